The van der Waals surface area contributed by atoms with Gasteiger partial charge in [-0.2, -0.15) is 22.0 Å². The zero-order valence-corrected chi connectivity index (χ0v) is 12.0. The van der Waals surface area contributed by atoms with E-state index in [1.54, 1.807) is 6.07 Å². The first-order valence-electron chi connectivity index (χ1n) is 6.78. The second-order valence-electron chi connectivity index (χ2n) is 5.11. The summed E-state index contributed by atoms with van der Waals surface area (Å²) in [5, 5.41) is 7.53. The Bertz CT molecular complexity index is 1070. The predicted octanol–water partition coefficient (Wildman–Crippen LogP) is 3.59. The molecule has 0 atom stereocenters. The second kappa shape index (κ2) is 4.94. The van der Waals surface area contributed by atoms with E-state index in [2.05, 4.69) is 20.2 Å². The van der Waals surface area contributed by atoms with Crippen LogP contribution in [0.3, 0.4) is 0 Å². The van der Waals surface area contributed by atoms with Crippen LogP contribution >= 0.6 is 0 Å². The molecule has 0 fully saturated rings. The van der Waals surface area contributed by atoms with E-state index in [9.17, 15) is 22.0 Å². The molecule has 4 aromatic heterocycles. The Kier molecular flexibility index (Phi) is 3.05. The highest BCUT2D eigenvalue weighted by molar-refractivity contribution is 5.79. The maximum atomic E-state index is 13.6. The highest BCUT2D eigenvalue weighted by Crippen LogP contribution is 2.43. The van der Waals surface area contributed by atoms with E-state index >= 15 is 0 Å². The molecule has 4 rings (SSSR count). The Labute approximate surface area is 134 Å². The van der Waals surface area contributed by atoms with E-state index in [1.165, 1.54) is 16.7 Å². The Morgan fingerprint density at radius 2 is 1.72 bits per heavy atom. The van der Waals surface area contributed by atoms with E-state index in [0.717, 1.165) is 12.5 Å². The van der Waals surface area contributed by atoms with Crippen LogP contribution in [0.25, 0.3) is 28.3 Å². The standard InChI is InChI=1S/C14H6F5N5O/c15-13(16,14(17,18)19)9-3-1-7-2-4-10-21-8(12-23-20-6-25-12)5-24(10)11(7)22-9/h1-6H. The molecule has 6 nitrogen and oxygen atoms in total. The largest absolute Gasteiger partial charge is 0.459 e. The fourth-order valence-electron chi connectivity index (χ4n) is 2.34. The van der Waals surface area contributed by atoms with Crippen molar-refractivity contribution in [2.24, 2.45) is 0 Å². The smallest absolute Gasteiger partial charge is 0.422 e. The fourth-order valence-corrected chi connectivity index (χ4v) is 2.34. The van der Waals surface area contributed by atoms with Crippen LogP contribution in [-0.2, 0) is 5.92 Å². The molecule has 0 saturated carbocycles. The average Bonchev–Trinajstić information content (AvgIpc) is 3.22. The zero-order chi connectivity index (χ0) is 17.8. The van der Waals surface area contributed by atoms with Crippen molar-refractivity contribution in [2.45, 2.75) is 12.1 Å². The highest BCUT2D eigenvalue weighted by atomic mass is 19.4. The van der Waals surface area contributed by atoms with E-state index in [1.807, 2.05) is 0 Å². The summed E-state index contributed by atoms with van der Waals surface area (Å²) in [6.45, 7) is 0. The summed E-state index contributed by atoms with van der Waals surface area (Å²) in [5.41, 5.74) is -0.981. The van der Waals surface area contributed by atoms with Crippen molar-refractivity contribution in [1.82, 2.24) is 24.6 Å². The molecule has 0 aromatic carbocycles. The molecule has 0 spiro atoms. The third-order valence-electron chi connectivity index (χ3n) is 3.54. The number of imidazole rings is 1. The van der Waals surface area contributed by atoms with Gasteiger partial charge in [-0.25, -0.2) is 9.97 Å². The van der Waals surface area contributed by atoms with Gasteiger partial charge in [0.1, 0.15) is 22.7 Å². The molecule has 25 heavy (non-hydrogen) atoms. The minimum atomic E-state index is -5.74. The zero-order valence-electron chi connectivity index (χ0n) is 12.0. The van der Waals surface area contributed by atoms with Crippen molar-refractivity contribution in [2.75, 3.05) is 0 Å². The molecule has 0 amide bonds. The lowest BCUT2D eigenvalue weighted by molar-refractivity contribution is -0.290. The summed E-state index contributed by atoms with van der Waals surface area (Å²) in [6.07, 6.45) is -3.29. The van der Waals surface area contributed by atoms with Gasteiger partial charge in [-0.1, -0.05) is 0 Å². The third-order valence-corrected chi connectivity index (χ3v) is 3.54. The second-order valence-corrected chi connectivity index (χ2v) is 5.11. The van der Waals surface area contributed by atoms with Gasteiger partial charge < -0.3 is 4.42 Å². The van der Waals surface area contributed by atoms with Crippen LogP contribution in [0, 0.1) is 0 Å². The van der Waals surface area contributed by atoms with Crippen LogP contribution in [0.15, 0.2) is 41.3 Å². The molecule has 0 saturated heterocycles. The number of halogens is 5. The number of fused-ring (bicyclic) bond motifs is 3. The van der Waals surface area contributed by atoms with Crippen LogP contribution in [0.1, 0.15) is 5.69 Å². The Morgan fingerprint density at radius 3 is 2.40 bits per heavy atom. The first kappa shape index (κ1) is 15.4. The summed E-state index contributed by atoms with van der Waals surface area (Å²) in [6, 6.07) is 4.86. The lowest BCUT2D eigenvalue weighted by Gasteiger charge is -2.19. The Morgan fingerprint density at radius 1 is 0.960 bits per heavy atom. The summed E-state index contributed by atoms with van der Waals surface area (Å²) in [7, 11) is 0. The first-order chi connectivity index (χ1) is 11.8. The van der Waals surface area contributed by atoms with E-state index < -0.39 is 17.8 Å². The Hall–Kier alpha value is -3.11. The van der Waals surface area contributed by atoms with Gasteiger partial charge in [0.15, 0.2) is 0 Å². The number of alkyl halides is 5. The molecule has 0 radical (unpaired) electrons. The maximum absolute atomic E-state index is 13.6. The van der Waals surface area contributed by atoms with Gasteiger partial charge in [0.25, 0.3) is 5.89 Å². The fraction of sp³-hybridized carbons (Fsp3) is 0.143. The van der Waals surface area contributed by atoms with Gasteiger partial charge in [-0.3, -0.25) is 4.40 Å². The van der Waals surface area contributed by atoms with Crippen molar-refractivity contribution >= 4 is 16.7 Å². The average molecular weight is 355 g/mol. The molecule has 0 bridgehead atoms. The molecule has 0 aliphatic rings. The van der Waals surface area contributed by atoms with E-state index in [-0.39, 0.29) is 22.9 Å². The predicted molar refractivity (Wildman–Crippen MR) is 73.7 cm³/mol. The summed E-state index contributed by atoms with van der Waals surface area (Å²) in [4.78, 5) is 7.69. The lowest BCUT2D eigenvalue weighted by atomic mass is 10.2. The summed E-state index contributed by atoms with van der Waals surface area (Å²) < 4.78 is 71.2. The van der Waals surface area contributed by atoms with Gasteiger partial charge in [0.05, 0.1) is 0 Å². The number of rotatable bonds is 2. The van der Waals surface area contributed by atoms with Gasteiger partial charge in [0, 0.05) is 11.6 Å². The SMILES string of the molecule is FC(F)(F)C(F)(F)c1ccc2ccc3nc(-c4nnco4)cn3c2n1. The minimum Gasteiger partial charge on any atom is -0.422 e. The molecular weight excluding hydrogens is 349 g/mol. The molecular formula is C14H6F5N5O. The quantitative estimate of drug-likeness (QED) is 0.514. The number of hydrogen-bond donors (Lipinski definition) is 0. The van der Waals surface area contributed by atoms with E-state index in [4.69, 9.17) is 4.42 Å². The van der Waals surface area contributed by atoms with Crippen LogP contribution in [0.5, 0.6) is 0 Å². The van der Waals surface area contributed by atoms with E-state index in [0.29, 0.717) is 11.5 Å². The normalized spacial score (nSPS) is 13.0. The summed E-state index contributed by atoms with van der Waals surface area (Å²) >= 11 is 0. The monoisotopic (exact) mass is 355 g/mol. The van der Waals surface area contributed by atoms with Gasteiger partial charge >= 0.3 is 12.1 Å². The van der Waals surface area contributed by atoms with Gasteiger partial charge in [-0.15, -0.1) is 10.2 Å². The Balaban J connectivity index is 1.95. The molecule has 0 N–H and O–H groups in total. The van der Waals surface area contributed by atoms with Crippen LogP contribution in [0.2, 0.25) is 0 Å². The molecule has 4 heterocycles. The topological polar surface area (TPSA) is 69.1 Å². The number of aromatic nitrogens is 5. The molecule has 11 heteroatoms. The third kappa shape index (κ3) is 2.30. The van der Waals surface area contributed by atoms with Gasteiger partial charge in [-0.05, 0) is 24.3 Å². The van der Waals surface area contributed by atoms with Crippen LogP contribution in [-0.4, -0.2) is 30.7 Å². The minimum absolute atomic E-state index is 0.0774. The highest BCUT2D eigenvalue weighted by Gasteiger charge is 2.59. The molecule has 0 unspecified atom stereocenters. The van der Waals surface area contributed by atoms with Crippen LogP contribution in [0.4, 0.5) is 22.0 Å². The van der Waals surface area contributed by atoms with Crippen LogP contribution < -0.4 is 0 Å². The number of nitrogens with zero attached hydrogens (tertiary/aromatic N) is 5. The van der Waals surface area contributed by atoms with Crippen molar-refractivity contribution in [3.63, 3.8) is 0 Å². The first-order valence-corrected chi connectivity index (χ1v) is 6.78. The maximum Gasteiger partial charge on any atom is 0.459 e. The van der Waals surface area contributed by atoms with Gasteiger partial charge in [0.2, 0.25) is 6.39 Å². The molecule has 4 aromatic rings. The molecule has 0 aliphatic heterocycles. The van der Waals surface area contributed by atoms with Crippen molar-refractivity contribution in [3.8, 4) is 11.6 Å². The molecule has 0 aliphatic carbocycles. The molecule has 128 valence electrons. The van der Waals surface area contributed by atoms with Crippen molar-refractivity contribution in [1.29, 1.82) is 0 Å². The number of pyridine rings is 2. The van der Waals surface area contributed by atoms with Crippen molar-refractivity contribution < 1.29 is 26.4 Å². The van der Waals surface area contributed by atoms with Crippen molar-refractivity contribution in [3.05, 3.63) is 42.5 Å². The lowest BCUT2D eigenvalue weighted by Crippen LogP contribution is -2.34. The number of hydrogen-bond acceptors (Lipinski definition) is 5. The summed E-state index contributed by atoms with van der Waals surface area (Å²) in [5.74, 6) is -4.99.